The Balaban J connectivity index is 2.49. The molecular weight excluding hydrogens is 226 g/mol. The third kappa shape index (κ3) is 2.04. The fourth-order valence-corrected chi connectivity index (χ4v) is 1.40. The highest BCUT2D eigenvalue weighted by Gasteiger charge is 2.18. The predicted octanol–water partition coefficient (Wildman–Crippen LogP) is 2.29. The highest BCUT2D eigenvalue weighted by molar-refractivity contribution is 6.08. The fraction of sp³-hybridized carbons (Fsp3) is 0.0833. The molecular formula is C12H8F2N2O. The summed E-state index contributed by atoms with van der Waals surface area (Å²) >= 11 is 0. The van der Waals surface area contributed by atoms with Crippen LogP contribution in [0.25, 0.3) is 0 Å². The van der Waals surface area contributed by atoms with E-state index in [-0.39, 0.29) is 16.7 Å². The Kier molecular flexibility index (Phi) is 2.91. The summed E-state index contributed by atoms with van der Waals surface area (Å²) in [6, 6.07) is 4.02. The lowest BCUT2D eigenvalue weighted by Gasteiger charge is -2.04. The van der Waals surface area contributed by atoms with E-state index in [0.717, 1.165) is 0 Å². The Morgan fingerprint density at radius 3 is 2.53 bits per heavy atom. The summed E-state index contributed by atoms with van der Waals surface area (Å²) in [6.45, 7) is 1.43. The van der Waals surface area contributed by atoms with Crippen LogP contribution in [0.1, 0.15) is 21.5 Å². The molecule has 0 aliphatic carbocycles. The number of hydrogen-bond acceptors (Lipinski definition) is 3. The van der Waals surface area contributed by atoms with Gasteiger partial charge in [0.15, 0.2) is 17.4 Å². The van der Waals surface area contributed by atoms with Crippen LogP contribution in [0, 0.1) is 18.6 Å². The molecule has 0 unspecified atom stereocenters. The Morgan fingerprint density at radius 2 is 1.88 bits per heavy atom. The quantitative estimate of drug-likeness (QED) is 0.749. The summed E-state index contributed by atoms with van der Waals surface area (Å²) in [6.07, 6.45) is 2.52. The first-order valence-corrected chi connectivity index (χ1v) is 4.87. The molecule has 0 saturated heterocycles. The van der Waals surface area contributed by atoms with Crippen LogP contribution in [0.15, 0.2) is 30.6 Å². The second-order valence-electron chi connectivity index (χ2n) is 3.52. The molecule has 0 atom stereocenters. The van der Waals surface area contributed by atoms with Gasteiger partial charge < -0.3 is 0 Å². The fourth-order valence-electron chi connectivity index (χ4n) is 1.40. The molecule has 0 spiro atoms. The van der Waals surface area contributed by atoms with Crippen LogP contribution < -0.4 is 0 Å². The van der Waals surface area contributed by atoms with Gasteiger partial charge in [0, 0.05) is 5.56 Å². The van der Waals surface area contributed by atoms with E-state index >= 15 is 0 Å². The molecule has 0 amide bonds. The van der Waals surface area contributed by atoms with Crippen molar-refractivity contribution < 1.29 is 13.6 Å². The topological polar surface area (TPSA) is 42.9 Å². The maximum absolute atomic E-state index is 13.6. The molecule has 86 valence electrons. The standard InChI is InChI=1S/C12H8F2N2O/c1-7-2-3-9(11(14)10(7)13)12(17)8-4-5-15-16-6-8/h2-6H,1H3. The van der Waals surface area contributed by atoms with E-state index in [1.807, 2.05) is 0 Å². The molecule has 0 bridgehead atoms. The maximum Gasteiger partial charge on any atom is 0.197 e. The van der Waals surface area contributed by atoms with E-state index in [0.29, 0.717) is 0 Å². The van der Waals surface area contributed by atoms with Gasteiger partial charge in [-0.3, -0.25) is 4.79 Å². The third-order valence-corrected chi connectivity index (χ3v) is 2.37. The van der Waals surface area contributed by atoms with Crippen LogP contribution in [0.5, 0.6) is 0 Å². The van der Waals surface area contributed by atoms with Gasteiger partial charge in [-0.25, -0.2) is 8.78 Å². The molecule has 0 aliphatic heterocycles. The molecule has 0 fully saturated rings. The number of carbonyl (C=O) groups excluding carboxylic acids is 1. The number of carbonyl (C=O) groups is 1. The van der Waals surface area contributed by atoms with Gasteiger partial charge >= 0.3 is 0 Å². The normalized spacial score (nSPS) is 10.3. The van der Waals surface area contributed by atoms with Gasteiger partial charge in [0.25, 0.3) is 0 Å². The average Bonchev–Trinajstić information content (AvgIpc) is 2.36. The first kappa shape index (κ1) is 11.3. The molecule has 1 heterocycles. The molecule has 0 radical (unpaired) electrons. The van der Waals surface area contributed by atoms with Crippen LogP contribution in [-0.4, -0.2) is 16.0 Å². The zero-order valence-corrected chi connectivity index (χ0v) is 8.95. The number of ketones is 1. The lowest BCUT2D eigenvalue weighted by atomic mass is 10.0. The minimum Gasteiger partial charge on any atom is -0.288 e. The molecule has 1 aromatic heterocycles. The van der Waals surface area contributed by atoms with E-state index in [9.17, 15) is 13.6 Å². The van der Waals surface area contributed by atoms with Gasteiger partial charge in [-0.15, -0.1) is 0 Å². The largest absolute Gasteiger partial charge is 0.288 e. The number of rotatable bonds is 2. The highest BCUT2D eigenvalue weighted by Crippen LogP contribution is 2.18. The second-order valence-corrected chi connectivity index (χ2v) is 3.52. The van der Waals surface area contributed by atoms with Crippen molar-refractivity contribution in [3.63, 3.8) is 0 Å². The van der Waals surface area contributed by atoms with Gasteiger partial charge in [0.1, 0.15) is 0 Å². The van der Waals surface area contributed by atoms with Crippen molar-refractivity contribution in [3.05, 3.63) is 58.9 Å². The Hall–Kier alpha value is -2.17. The minimum absolute atomic E-state index is 0.159. The lowest BCUT2D eigenvalue weighted by molar-refractivity contribution is 0.103. The molecule has 3 nitrogen and oxygen atoms in total. The van der Waals surface area contributed by atoms with Crippen molar-refractivity contribution in [3.8, 4) is 0 Å². The lowest BCUT2D eigenvalue weighted by Crippen LogP contribution is -2.07. The number of nitrogens with zero attached hydrogens (tertiary/aromatic N) is 2. The van der Waals surface area contributed by atoms with Crippen LogP contribution >= 0.6 is 0 Å². The van der Waals surface area contributed by atoms with Crippen molar-refractivity contribution in [2.45, 2.75) is 6.92 Å². The van der Waals surface area contributed by atoms with Crippen molar-refractivity contribution in [1.82, 2.24) is 10.2 Å². The summed E-state index contributed by atoms with van der Waals surface area (Å²) in [5.74, 6) is -2.75. The molecule has 17 heavy (non-hydrogen) atoms. The molecule has 0 aliphatic rings. The van der Waals surface area contributed by atoms with E-state index in [4.69, 9.17) is 0 Å². The van der Waals surface area contributed by atoms with Crippen LogP contribution in [0.4, 0.5) is 8.78 Å². The van der Waals surface area contributed by atoms with Crippen LogP contribution in [0.2, 0.25) is 0 Å². The molecule has 0 N–H and O–H groups in total. The van der Waals surface area contributed by atoms with Crippen LogP contribution in [0.3, 0.4) is 0 Å². The summed E-state index contributed by atoms with van der Waals surface area (Å²) in [4.78, 5) is 11.9. The number of aromatic nitrogens is 2. The Bertz CT molecular complexity index is 570. The number of benzene rings is 1. The second kappa shape index (κ2) is 4.37. The zero-order valence-electron chi connectivity index (χ0n) is 8.95. The van der Waals surface area contributed by atoms with E-state index < -0.39 is 17.4 Å². The molecule has 2 aromatic rings. The third-order valence-electron chi connectivity index (χ3n) is 2.37. The smallest absolute Gasteiger partial charge is 0.197 e. The van der Waals surface area contributed by atoms with Gasteiger partial charge in [-0.1, -0.05) is 6.07 Å². The SMILES string of the molecule is Cc1ccc(C(=O)c2ccnnc2)c(F)c1F. The summed E-state index contributed by atoms with van der Waals surface area (Å²) in [7, 11) is 0. The first-order chi connectivity index (χ1) is 8.11. The number of aryl methyl sites for hydroxylation is 1. The molecule has 5 heteroatoms. The predicted molar refractivity (Wildman–Crippen MR) is 56.6 cm³/mol. The van der Waals surface area contributed by atoms with Gasteiger partial charge in [0.2, 0.25) is 0 Å². The number of hydrogen-bond donors (Lipinski definition) is 0. The van der Waals surface area contributed by atoms with Gasteiger partial charge in [-0.2, -0.15) is 10.2 Å². The van der Waals surface area contributed by atoms with Crippen molar-refractivity contribution >= 4 is 5.78 Å². The maximum atomic E-state index is 13.6. The van der Waals surface area contributed by atoms with Crippen LogP contribution in [-0.2, 0) is 0 Å². The van der Waals surface area contributed by atoms with Gasteiger partial charge in [0.05, 0.1) is 18.0 Å². The molecule has 1 aromatic carbocycles. The van der Waals surface area contributed by atoms with E-state index in [1.165, 1.54) is 37.5 Å². The van der Waals surface area contributed by atoms with E-state index in [1.54, 1.807) is 0 Å². The van der Waals surface area contributed by atoms with E-state index in [2.05, 4.69) is 10.2 Å². The van der Waals surface area contributed by atoms with Gasteiger partial charge in [-0.05, 0) is 24.6 Å². The monoisotopic (exact) mass is 234 g/mol. The molecule has 0 saturated carbocycles. The van der Waals surface area contributed by atoms with Crippen molar-refractivity contribution in [1.29, 1.82) is 0 Å². The summed E-state index contributed by atoms with van der Waals surface area (Å²) < 4.78 is 26.9. The number of halogens is 2. The first-order valence-electron chi connectivity index (χ1n) is 4.87. The summed E-state index contributed by atoms with van der Waals surface area (Å²) in [5.41, 5.74) is 0.0233. The summed E-state index contributed by atoms with van der Waals surface area (Å²) in [5, 5.41) is 7.02. The van der Waals surface area contributed by atoms with Crippen molar-refractivity contribution in [2.75, 3.05) is 0 Å². The Labute approximate surface area is 96.1 Å². The minimum atomic E-state index is -1.13. The average molecular weight is 234 g/mol. The van der Waals surface area contributed by atoms with Crippen molar-refractivity contribution in [2.24, 2.45) is 0 Å². The highest BCUT2D eigenvalue weighted by atomic mass is 19.2. The Morgan fingerprint density at radius 1 is 1.12 bits per heavy atom. The molecule has 2 rings (SSSR count). The zero-order chi connectivity index (χ0) is 12.4.